The van der Waals surface area contributed by atoms with Gasteiger partial charge in [-0.1, -0.05) is 63.2 Å². The zero-order valence-corrected chi connectivity index (χ0v) is 15.4. The molecule has 2 aromatic carbocycles. The monoisotopic (exact) mass is 363 g/mol. The van der Waals surface area contributed by atoms with Crippen LogP contribution in [0.3, 0.4) is 0 Å². The molecule has 26 heavy (non-hydrogen) atoms. The van der Waals surface area contributed by atoms with E-state index in [1.165, 1.54) is 17.7 Å². The average molecular weight is 363 g/mol. The van der Waals surface area contributed by atoms with E-state index in [4.69, 9.17) is 0 Å². The highest BCUT2D eigenvalue weighted by atomic mass is 19.4. The van der Waals surface area contributed by atoms with Gasteiger partial charge in [0.2, 0.25) is 5.91 Å². The number of amides is 1. The van der Waals surface area contributed by atoms with Crippen LogP contribution < -0.4 is 5.32 Å². The second kappa shape index (κ2) is 7.52. The van der Waals surface area contributed by atoms with E-state index >= 15 is 0 Å². The summed E-state index contributed by atoms with van der Waals surface area (Å²) in [5, 5.41) is 2.84. The van der Waals surface area contributed by atoms with Gasteiger partial charge < -0.3 is 5.32 Å². The summed E-state index contributed by atoms with van der Waals surface area (Å²) in [6.45, 7) is 8.24. The molecule has 0 heterocycles. The summed E-state index contributed by atoms with van der Waals surface area (Å²) in [6.07, 6.45) is -4.50. The molecule has 0 aliphatic heterocycles. The molecule has 5 heteroatoms. The summed E-state index contributed by atoms with van der Waals surface area (Å²) < 4.78 is 38.3. The molecule has 1 unspecified atom stereocenters. The van der Waals surface area contributed by atoms with Gasteiger partial charge >= 0.3 is 6.18 Å². The fourth-order valence-electron chi connectivity index (χ4n) is 2.69. The Labute approximate surface area is 152 Å². The third-order valence-corrected chi connectivity index (χ3v) is 4.27. The Morgan fingerprint density at radius 2 is 1.62 bits per heavy atom. The molecule has 1 atom stereocenters. The predicted molar refractivity (Wildman–Crippen MR) is 96.8 cm³/mol. The Balaban J connectivity index is 2.01. The standard InChI is InChI=1S/C21H24F3NO/c1-14(16-8-10-17(11-9-16)20(2,3)4)25-19(26)13-15-6-5-7-18(12-15)21(22,23)24/h5-12,14H,13H2,1-4H3,(H,25,26). The van der Waals surface area contributed by atoms with Crippen molar-refractivity contribution in [3.63, 3.8) is 0 Å². The second-order valence-corrected chi connectivity index (χ2v) is 7.54. The molecule has 0 aromatic heterocycles. The van der Waals surface area contributed by atoms with E-state index in [1.54, 1.807) is 0 Å². The van der Waals surface area contributed by atoms with Crippen LogP contribution in [-0.2, 0) is 22.8 Å². The first-order chi connectivity index (χ1) is 12.0. The smallest absolute Gasteiger partial charge is 0.349 e. The van der Waals surface area contributed by atoms with Crippen LogP contribution in [0.4, 0.5) is 13.2 Å². The maximum absolute atomic E-state index is 12.8. The lowest BCUT2D eigenvalue weighted by molar-refractivity contribution is -0.137. The van der Waals surface area contributed by atoms with Crippen LogP contribution in [0, 0.1) is 0 Å². The van der Waals surface area contributed by atoms with Crippen molar-refractivity contribution in [1.29, 1.82) is 0 Å². The molecule has 1 N–H and O–H groups in total. The molecule has 0 saturated carbocycles. The van der Waals surface area contributed by atoms with Gasteiger partial charge in [0.15, 0.2) is 0 Å². The van der Waals surface area contributed by atoms with Crippen LogP contribution in [0.25, 0.3) is 0 Å². The molecule has 140 valence electrons. The van der Waals surface area contributed by atoms with Gasteiger partial charge in [-0.05, 0) is 35.1 Å². The molecular formula is C21H24F3NO. The number of rotatable bonds is 4. The normalized spacial score (nSPS) is 13.3. The van der Waals surface area contributed by atoms with Gasteiger partial charge in [-0.2, -0.15) is 13.2 Å². The minimum atomic E-state index is -4.41. The Morgan fingerprint density at radius 1 is 1.00 bits per heavy atom. The molecule has 0 spiro atoms. The third kappa shape index (κ3) is 5.35. The number of nitrogens with one attached hydrogen (secondary N) is 1. The number of hydrogen-bond acceptors (Lipinski definition) is 1. The fourth-order valence-corrected chi connectivity index (χ4v) is 2.69. The highest BCUT2D eigenvalue weighted by Crippen LogP contribution is 2.29. The zero-order valence-electron chi connectivity index (χ0n) is 15.4. The number of hydrogen-bond donors (Lipinski definition) is 1. The number of benzene rings is 2. The lowest BCUT2D eigenvalue weighted by atomic mass is 9.86. The van der Waals surface area contributed by atoms with Crippen molar-refractivity contribution >= 4 is 5.91 Å². The summed E-state index contributed by atoms with van der Waals surface area (Å²) in [5.74, 6) is -0.309. The Morgan fingerprint density at radius 3 is 2.15 bits per heavy atom. The van der Waals surface area contributed by atoms with Crippen LogP contribution >= 0.6 is 0 Å². The minimum absolute atomic E-state index is 0.0501. The van der Waals surface area contributed by atoms with Crippen molar-refractivity contribution in [2.45, 2.75) is 51.7 Å². The second-order valence-electron chi connectivity index (χ2n) is 7.54. The van der Waals surface area contributed by atoms with Gasteiger partial charge in [-0.3, -0.25) is 4.79 Å². The third-order valence-electron chi connectivity index (χ3n) is 4.27. The van der Waals surface area contributed by atoms with Crippen molar-refractivity contribution in [3.05, 3.63) is 70.8 Å². The topological polar surface area (TPSA) is 29.1 Å². The lowest BCUT2D eigenvalue weighted by Crippen LogP contribution is -2.28. The van der Waals surface area contributed by atoms with Crippen molar-refractivity contribution in [3.8, 4) is 0 Å². The quantitative estimate of drug-likeness (QED) is 0.772. The van der Waals surface area contributed by atoms with E-state index in [0.717, 1.165) is 17.7 Å². The first-order valence-corrected chi connectivity index (χ1v) is 8.53. The first kappa shape index (κ1) is 20.0. The van der Waals surface area contributed by atoms with Gasteiger partial charge in [-0.25, -0.2) is 0 Å². The van der Waals surface area contributed by atoms with E-state index in [9.17, 15) is 18.0 Å². The van der Waals surface area contributed by atoms with Crippen molar-refractivity contribution < 1.29 is 18.0 Å². The maximum Gasteiger partial charge on any atom is 0.416 e. The van der Waals surface area contributed by atoms with Gasteiger partial charge in [0, 0.05) is 0 Å². The summed E-state index contributed by atoms with van der Waals surface area (Å²) in [7, 11) is 0. The molecule has 1 amide bonds. The van der Waals surface area contributed by atoms with Crippen molar-refractivity contribution in [1.82, 2.24) is 5.32 Å². The van der Waals surface area contributed by atoms with Crippen molar-refractivity contribution in [2.75, 3.05) is 0 Å². The van der Waals surface area contributed by atoms with E-state index in [1.807, 2.05) is 31.2 Å². The maximum atomic E-state index is 12.8. The molecule has 0 aliphatic rings. The van der Waals surface area contributed by atoms with Crippen LogP contribution in [0.1, 0.15) is 56.0 Å². The zero-order chi connectivity index (χ0) is 19.5. The highest BCUT2D eigenvalue weighted by Gasteiger charge is 2.30. The summed E-state index contributed by atoms with van der Waals surface area (Å²) in [4.78, 5) is 12.2. The number of alkyl halides is 3. The molecule has 0 saturated heterocycles. The molecule has 0 bridgehead atoms. The van der Waals surface area contributed by atoms with E-state index < -0.39 is 11.7 Å². The Kier molecular flexibility index (Phi) is 5.79. The summed E-state index contributed by atoms with van der Waals surface area (Å²) in [6, 6.07) is 12.6. The number of carbonyl (C=O) groups excluding carboxylic acids is 1. The molecule has 0 aliphatic carbocycles. The molecule has 0 radical (unpaired) electrons. The lowest BCUT2D eigenvalue weighted by Gasteiger charge is -2.21. The van der Waals surface area contributed by atoms with Gasteiger partial charge in [0.25, 0.3) is 0 Å². The number of halogens is 3. The van der Waals surface area contributed by atoms with E-state index in [2.05, 4.69) is 26.1 Å². The highest BCUT2D eigenvalue weighted by molar-refractivity contribution is 5.79. The number of carbonyl (C=O) groups is 1. The van der Waals surface area contributed by atoms with E-state index in [-0.39, 0.29) is 23.8 Å². The first-order valence-electron chi connectivity index (χ1n) is 8.53. The predicted octanol–water partition coefficient (Wildman–Crippen LogP) is 5.42. The van der Waals surface area contributed by atoms with E-state index in [0.29, 0.717) is 5.56 Å². The average Bonchev–Trinajstić information content (AvgIpc) is 2.53. The minimum Gasteiger partial charge on any atom is -0.349 e. The van der Waals surface area contributed by atoms with Crippen molar-refractivity contribution in [2.24, 2.45) is 0 Å². The summed E-state index contributed by atoms with van der Waals surface area (Å²) >= 11 is 0. The van der Waals surface area contributed by atoms with Crippen LogP contribution in [0.15, 0.2) is 48.5 Å². The molecule has 2 aromatic rings. The Bertz CT molecular complexity index is 758. The van der Waals surface area contributed by atoms with Gasteiger partial charge in [0.05, 0.1) is 18.0 Å². The van der Waals surface area contributed by atoms with Gasteiger partial charge in [0.1, 0.15) is 0 Å². The molecule has 2 rings (SSSR count). The fraction of sp³-hybridized carbons (Fsp3) is 0.381. The SMILES string of the molecule is CC(NC(=O)Cc1cccc(C(F)(F)F)c1)c1ccc(C(C)(C)C)cc1. The van der Waals surface area contributed by atoms with Crippen LogP contribution in [0.5, 0.6) is 0 Å². The Hall–Kier alpha value is -2.30. The molecular weight excluding hydrogens is 339 g/mol. The van der Waals surface area contributed by atoms with Gasteiger partial charge in [-0.15, -0.1) is 0 Å². The summed E-state index contributed by atoms with van der Waals surface area (Å²) in [5.41, 5.74) is 1.80. The molecule has 0 fully saturated rings. The van der Waals surface area contributed by atoms with Crippen LogP contribution in [0.2, 0.25) is 0 Å². The van der Waals surface area contributed by atoms with Crippen LogP contribution in [-0.4, -0.2) is 5.91 Å². The largest absolute Gasteiger partial charge is 0.416 e. The molecule has 2 nitrogen and oxygen atoms in total.